The fourth-order valence-electron chi connectivity index (χ4n) is 2.12. The average molecular weight is 269 g/mol. The molecular formula is C14H15N5O. The molecule has 3 aromatic rings. The summed E-state index contributed by atoms with van der Waals surface area (Å²) in [6.45, 7) is 2.72. The van der Waals surface area contributed by atoms with Crippen LogP contribution < -0.4 is 11.0 Å². The molecule has 2 heterocycles. The van der Waals surface area contributed by atoms with E-state index in [1.54, 1.807) is 18.6 Å². The maximum absolute atomic E-state index is 11.2. The topological polar surface area (TPSA) is 86.5 Å². The summed E-state index contributed by atoms with van der Waals surface area (Å²) in [5, 5.41) is 3.38. The van der Waals surface area contributed by atoms with Gasteiger partial charge in [0.25, 0.3) is 0 Å². The molecule has 0 aliphatic carbocycles. The van der Waals surface area contributed by atoms with E-state index in [1.165, 1.54) is 0 Å². The van der Waals surface area contributed by atoms with E-state index >= 15 is 0 Å². The van der Waals surface area contributed by atoms with Gasteiger partial charge in [-0.15, -0.1) is 0 Å². The quantitative estimate of drug-likeness (QED) is 0.670. The van der Waals surface area contributed by atoms with Gasteiger partial charge < -0.3 is 15.3 Å². The van der Waals surface area contributed by atoms with E-state index < -0.39 is 0 Å². The fraction of sp³-hybridized carbons (Fsp3) is 0.214. The van der Waals surface area contributed by atoms with Crippen molar-refractivity contribution in [1.29, 1.82) is 0 Å². The van der Waals surface area contributed by atoms with Gasteiger partial charge in [0, 0.05) is 31.2 Å². The lowest BCUT2D eigenvalue weighted by Gasteiger charge is -2.13. The summed E-state index contributed by atoms with van der Waals surface area (Å²) in [5.41, 5.74) is 3.46. The zero-order valence-electron chi connectivity index (χ0n) is 11.1. The second-order valence-corrected chi connectivity index (χ2v) is 4.68. The van der Waals surface area contributed by atoms with Gasteiger partial charge in [-0.3, -0.25) is 9.97 Å². The Labute approximate surface area is 115 Å². The Morgan fingerprint density at radius 2 is 2.10 bits per heavy atom. The standard InChI is InChI=1S/C14H15N5O/c1-9(17-8-11-7-15-4-5-16-11)10-2-3-12-13(6-10)19-14(20)18-12/h2-7,9,17H,8H2,1H3,(H2,18,19,20). The molecule has 0 aliphatic heterocycles. The van der Waals surface area contributed by atoms with Gasteiger partial charge >= 0.3 is 5.69 Å². The third-order valence-electron chi connectivity index (χ3n) is 3.25. The molecule has 0 radical (unpaired) electrons. The summed E-state index contributed by atoms with van der Waals surface area (Å²) in [4.78, 5) is 25.0. The van der Waals surface area contributed by atoms with Gasteiger partial charge in [0.15, 0.2) is 0 Å². The molecule has 0 saturated heterocycles. The molecule has 3 N–H and O–H groups in total. The first-order chi connectivity index (χ1) is 9.72. The Morgan fingerprint density at radius 1 is 1.25 bits per heavy atom. The largest absolute Gasteiger partial charge is 0.323 e. The van der Waals surface area contributed by atoms with Crippen molar-refractivity contribution >= 4 is 11.0 Å². The summed E-state index contributed by atoms with van der Waals surface area (Å²) in [6.07, 6.45) is 5.08. The number of hydrogen-bond donors (Lipinski definition) is 3. The molecule has 0 amide bonds. The van der Waals surface area contributed by atoms with Crippen LogP contribution in [-0.2, 0) is 6.54 Å². The Kier molecular flexibility index (Phi) is 3.30. The van der Waals surface area contributed by atoms with Gasteiger partial charge in [-0.05, 0) is 24.6 Å². The van der Waals surface area contributed by atoms with Crippen LogP contribution >= 0.6 is 0 Å². The Hall–Kier alpha value is -2.47. The average Bonchev–Trinajstić information content (AvgIpc) is 2.85. The van der Waals surface area contributed by atoms with Crippen molar-refractivity contribution in [3.05, 3.63) is 58.5 Å². The van der Waals surface area contributed by atoms with Gasteiger partial charge in [0.05, 0.1) is 16.7 Å². The van der Waals surface area contributed by atoms with Crippen LogP contribution in [0.3, 0.4) is 0 Å². The van der Waals surface area contributed by atoms with Crippen LogP contribution in [0.1, 0.15) is 24.2 Å². The van der Waals surface area contributed by atoms with E-state index in [9.17, 15) is 4.79 Å². The normalized spacial score (nSPS) is 12.7. The number of H-pyrrole nitrogens is 2. The third kappa shape index (κ3) is 2.60. The molecule has 0 spiro atoms. The molecule has 102 valence electrons. The second-order valence-electron chi connectivity index (χ2n) is 4.68. The molecule has 0 aliphatic rings. The van der Waals surface area contributed by atoms with Crippen molar-refractivity contribution in [3.8, 4) is 0 Å². The van der Waals surface area contributed by atoms with Crippen LogP contribution in [0.25, 0.3) is 11.0 Å². The molecule has 2 aromatic heterocycles. The number of rotatable bonds is 4. The van der Waals surface area contributed by atoms with Crippen LogP contribution in [-0.4, -0.2) is 19.9 Å². The van der Waals surface area contributed by atoms with Gasteiger partial charge in [0.2, 0.25) is 0 Å². The first kappa shape index (κ1) is 12.6. The van der Waals surface area contributed by atoms with E-state index in [0.717, 1.165) is 22.3 Å². The van der Waals surface area contributed by atoms with Gasteiger partial charge in [0.1, 0.15) is 0 Å². The predicted octanol–water partition coefficient (Wildman–Crippen LogP) is 1.50. The van der Waals surface area contributed by atoms with Crippen LogP contribution in [0.2, 0.25) is 0 Å². The van der Waals surface area contributed by atoms with E-state index in [-0.39, 0.29) is 11.7 Å². The predicted molar refractivity (Wildman–Crippen MR) is 76.2 cm³/mol. The maximum Gasteiger partial charge on any atom is 0.323 e. The molecule has 3 rings (SSSR count). The van der Waals surface area contributed by atoms with Crippen LogP contribution in [0.5, 0.6) is 0 Å². The van der Waals surface area contributed by atoms with E-state index in [4.69, 9.17) is 0 Å². The highest BCUT2D eigenvalue weighted by atomic mass is 16.1. The van der Waals surface area contributed by atoms with E-state index in [2.05, 4.69) is 32.2 Å². The number of hydrogen-bond acceptors (Lipinski definition) is 4. The summed E-state index contributed by atoms with van der Waals surface area (Å²) in [5.74, 6) is 0. The van der Waals surface area contributed by atoms with E-state index in [1.807, 2.05) is 18.2 Å². The van der Waals surface area contributed by atoms with Crippen LogP contribution in [0.4, 0.5) is 0 Å². The van der Waals surface area contributed by atoms with Crippen molar-refractivity contribution < 1.29 is 0 Å². The first-order valence-electron chi connectivity index (χ1n) is 6.42. The van der Waals surface area contributed by atoms with Crippen molar-refractivity contribution in [2.75, 3.05) is 0 Å². The number of benzene rings is 1. The van der Waals surface area contributed by atoms with Crippen molar-refractivity contribution in [2.24, 2.45) is 0 Å². The van der Waals surface area contributed by atoms with E-state index in [0.29, 0.717) is 6.54 Å². The Bertz CT molecular complexity index is 762. The number of aromatic amines is 2. The smallest absolute Gasteiger partial charge is 0.306 e. The highest BCUT2D eigenvalue weighted by Gasteiger charge is 2.07. The fourth-order valence-corrected chi connectivity index (χ4v) is 2.12. The zero-order chi connectivity index (χ0) is 13.9. The van der Waals surface area contributed by atoms with Crippen molar-refractivity contribution in [1.82, 2.24) is 25.3 Å². The lowest BCUT2D eigenvalue weighted by atomic mass is 10.1. The molecule has 6 heteroatoms. The van der Waals surface area contributed by atoms with Gasteiger partial charge in [-0.2, -0.15) is 0 Å². The van der Waals surface area contributed by atoms with Gasteiger partial charge in [-0.1, -0.05) is 6.07 Å². The minimum Gasteiger partial charge on any atom is -0.306 e. The monoisotopic (exact) mass is 269 g/mol. The molecule has 1 unspecified atom stereocenters. The summed E-state index contributed by atoms with van der Waals surface area (Å²) >= 11 is 0. The summed E-state index contributed by atoms with van der Waals surface area (Å²) in [6, 6.07) is 6.03. The molecule has 20 heavy (non-hydrogen) atoms. The number of aromatic nitrogens is 4. The molecule has 0 bridgehead atoms. The number of imidazole rings is 1. The Morgan fingerprint density at radius 3 is 2.90 bits per heavy atom. The maximum atomic E-state index is 11.2. The lowest BCUT2D eigenvalue weighted by molar-refractivity contribution is 0.567. The highest BCUT2D eigenvalue weighted by Crippen LogP contribution is 2.17. The molecule has 0 saturated carbocycles. The Balaban J connectivity index is 1.74. The minimum absolute atomic E-state index is 0.153. The minimum atomic E-state index is -0.183. The first-order valence-corrected chi connectivity index (χ1v) is 6.42. The van der Waals surface area contributed by atoms with Crippen molar-refractivity contribution in [2.45, 2.75) is 19.5 Å². The second kappa shape index (κ2) is 5.26. The third-order valence-corrected chi connectivity index (χ3v) is 3.25. The number of fused-ring (bicyclic) bond motifs is 1. The molecular weight excluding hydrogens is 254 g/mol. The highest BCUT2D eigenvalue weighted by molar-refractivity contribution is 5.75. The molecule has 6 nitrogen and oxygen atoms in total. The molecule has 1 aromatic carbocycles. The zero-order valence-corrected chi connectivity index (χ0v) is 11.1. The molecule has 1 atom stereocenters. The number of nitrogens with one attached hydrogen (secondary N) is 3. The SMILES string of the molecule is CC(NCc1cnccn1)c1ccc2[nH]c(=O)[nH]c2c1. The summed E-state index contributed by atoms with van der Waals surface area (Å²) < 4.78 is 0. The van der Waals surface area contributed by atoms with Crippen molar-refractivity contribution in [3.63, 3.8) is 0 Å². The van der Waals surface area contributed by atoms with Crippen LogP contribution in [0.15, 0.2) is 41.6 Å². The van der Waals surface area contributed by atoms with Gasteiger partial charge in [-0.25, -0.2) is 4.79 Å². The summed E-state index contributed by atoms with van der Waals surface area (Å²) in [7, 11) is 0. The molecule has 0 fully saturated rings. The van der Waals surface area contributed by atoms with Crippen LogP contribution in [0, 0.1) is 0 Å². The number of nitrogens with zero attached hydrogens (tertiary/aromatic N) is 2. The lowest BCUT2D eigenvalue weighted by Crippen LogP contribution is -2.18.